The number of nitrogens with zero attached hydrogens (tertiary/aromatic N) is 3. The number of aromatic nitrogens is 2. The molecule has 4 rings (SSSR count). The maximum Gasteiger partial charge on any atom is 0.275 e. The number of nitrogens with two attached hydrogens (primary N) is 1. The highest BCUT2D eigenvalue weighted by Crippen LogP contribution is 2.33. The van der Waals surface area contributed by atoms with Crippen molar-refractivity contribution in [3.05, 3.63) is 47.6 Å². The van der Waals surface area contributed by atoms with Gasteiger partial charge < -0.3 is 25.4 Å². The Morgan fingerprint density at radius 3 is 2.70 bits per heavy atom. The van der Waals surface area contributed by atoms with Crippen LogP contribution >= 0.6 is 11.3 Å². The number of hydrogen-bond donors (Lipinski definition) is 2. The first-order valence-electron chi connectivity index (χ1n) is 10.5. The van der Waals surface area contributed by atoms with Gasteiger partial charge in [0.05, 0.1) is 32.0 Å². The fraction of sp³-hybridized carbons (Fsp3) is 0.304. The number of piperidine rings is 1. The number of nitrogens with one attached hydrogen (secondary N) is 1. The Morgan fingerprint density at radius 1 is 1.18 bits per heavy atom. The molecule has 1 aromatic carbocycles. The van der Waals surface area contributed by atoms with E-state index in [2.05, 4.69) is 15.3 Å². The Bertz CT molecular complexity index is 1150. The number of hydrogen-bond acceptors (Lipinski definition) is 8. The van der Waals surface area contributed by atoms with E-state index in [-0.39, 0.29) is 17.7 Å². The van der Waals surface area contributed by atoms with Crippen LogP contribution in [-0.4, -0.2) is 49.1 Å². The van der Waals surface area contributed by atoms with Crippen molar-refractivity contribution in [2.24, 2.45) is 11.7 Å². The number of methoxy groups -OCH3 is 2. The molecule has 0 bridgehead atoms. The van der Waals surface area contributed by atoms with Gasteiger partial charge in [0.15, 0.2) is 11.5 Å². The Kier molecular flexibility index (Phi) is 6.74. The van der Waals surface area contributed by atoms with E-state index in [1.807, 2.05) is 23.1 Å². The lowest BCUT2D eigenvalue weighted by Gasteiger charge is -2.32. The summed E-state index contributed by atoms with van der Waals surface area (Å²) in [6.07, 6.45) is 3.29. The van der Waals surface area contributed by atoms with Crippen LogP contribution < -0.4 is 25.4 Å². The van der Waals surface area contributed by atoms with Crippen molar-refractivity contribution in [3.8, 4) is 22.1 Å². The van der Waals surface area contributed by atoms with Gasteiger partial charge in [-0.15, -0.1) is 11.3 Å². The first-order chi connectivity index (χ1) is 16.0. The molecule has 10 heteroatoms. The van der Waals surface area contributed by atoms with Crippen LogP contribution in [0, 0.1) is 5.92 Å². The molecule has 0 aliphatic carbocycles. The number of amides is 2. The van der Waals surface area contributed by atoms with E-state index in [1.165, 1.54) is 11.3 Å². The highest BCUT2D eigenvalue weighted by atomic mass is 32.1. The smallest absolute Gasteiger partial charge is 0.275 e. The minimum atomic E-state index is -0.320. The van der Waals surface area contributed by atoms with E-state index in [9.17, 15) is 9.59 Å². The van der Waals surface area contributed by atoms with Crippen molar-refractivity contribution in [2.45, 2.75) is 12.8 Å². The highest BCUT2D eigenvalue weighted by Gasteiger charge is 2.24. The Balaban J connectivity index is 1.42. The number of pyridine rings is 1. The molecule has 1 aliphatic heterocycles. The second kappa shape index (κ2) is 9.86. The molecule has 0 spiro atoms. The van der Waals surface area contributed by atoms with Crippen LogP contribution in [-0.2, 0) is 4.79 Å². The van der Waals surface area contributed by atoms with Gasteiger partial charge in [0, 0.05) is 24.0 Å². The van der Waals surface area contributed by atoms with Crippen LogP contribution in [0.3, 0.4) is 0 Å². The monoisotopic (exact) mass is 467 g/mol. The second-order valence-corrected chi connectivity index (χ2v) is 8.51. The Hall–Kier alpha value is -3.66. The van der Waals surface area contributed by atoms with Gasteiger partial charge in [0.1, 0.15) is 16.5 Å². The summed E-state index contributed by atoms with van der Waals surface area (Å²) in [5, 5.41) is 5.23. The molecule has 0 unspecified atom stereocenters. The van der Waals surface area contributed by atoms with Gasteiger partial charge in [0.2, 0.25) is 5.91 Å². The number of primary amides is 1. The normalized spacial score (nSPS) is 15.7. The Morgan fingerprint density at radius 2 is 2.00 bits per heavy atom. The van der Waals surface area contributed by atoms with Gasteiger partial charge in [-0.3, -0.25) is 9.59 Å². The van der Waals surface area contributed by atoms with Crippen LogP contribution in [0.5, 0.6) is 11.5 Å². The third kappa shape index (κ3) is 5.06. The largest absolute Gasteiger partial charge is 0.493 e. The summed E-state index contributed by atoms with van der Waals surface area (Å²) in [6.45, 7) is 1.38. The molecule has 1 fully saturated rings. The summed E-state index contributed by atoms with van der Waals surface area (Å²) in [7, 11) is 3.15. The second-order valence-electron chi connectivity index (χ2n) is 7.65. The zero-order chi connectivity index (χ0) is 23.4. The molecule has 1 atom stereocenters. The molecular weight excluding hydrogens is 442 g/mol. The number of thiazole rings is 1. The summed E-state index contributed by atoms with van der Waals surface area (Å²) in [6, 6.07) is 9.11. The van der Waals surface area contributed by atoms with Gasteiger partial charge in [-0.25, -0.2) is 9.97 Å². The number of ether oxygens (including phenoxy) is 2. The van der Waals surface area contributed by atoms with Crippen molar-refractivity contribution < 1.29 is 19.1 Å². The SMILES string of the molecule is COc1ccc(-c2nc(C(=O)Nc3ccc(N4CCC[C@H](C(N)=O)C4)nc3)cs2)cc1OC. The van der Waals surface area contributed by atoms with Crippen molar-refractivity contribution in [3.63, 3.8) is 0 Å². The fourth-order valence-corrected chi connectivity index (χ4v) is 4.54. The first kappa shape index (κ1) is 22.5. The van der Waals surface area contributed by atoms with Crippen molar-refractivity contribution in [1.82, 2.24) is 9.97 Å². The predicted octanol–water partition coefficient (Wildman–Crippen LogP) is 3.18. The molecule has 2 aromatic heterocycles. The molecule has 3 aromatic rings. The molecule has 172 valence electrons. The third-order valence-corrected chi connectivity index (χ3v) is 6.41. The third-order valence-electron chi connectivity index (χ3n) is 5.52. The molecule has 0 radical (unpaired) electrons. The summed E-state index contributed by atoms with van der Waals surface area (Å²) in [5.74, 6) is 1.21. The highest BCUT2D eigenvalue weighted by molar-refractivity contribution is 7.13. The van der Waals surface area contributed by atoms with Gasteiger partial charge in [-0.2, -0.15) is 0 Å². The van der Waals surface area contributed by atoms with Crippen LogP contribution in [0.15, 0.2) is 41.9 Å². The number of carbonyl (C=O) groups excluding carboxylic acids is 2. The Labute approximate surface area is 195 Å². The van der Waals surface area contributed by atoms with E-state index in [0.717, 1.165) is 30.8 Å². The van der Waals surface area contributed by atoms with E-state index in [0.29, 0.717) is 34.4 Å². The van der Waals surface area contributed by atoms with E-state index >= 15 is 0 Å². The number of anilines is 2. The van der Waals surface area contributed by atoms with Crippen molar-refractivity contribution in [2.75, 3.05) is 37.5 Å². The zero-order valence-electron chi connectivity index (χ0n) is 18.4. The van der Waals surface area contributed by atoms with Crippen LogP contribution in [0.2, 0.25) is 0 Å². The van der Waals surface area contributed by atoms with Crippen LogP contribution in [0.25, 0.3) is 10.6 Å². The molecule has 2 amide bonds. The van der Waals surface area contributed by atoms with E-state index < -0.39 is 0 Å². The zero-order valence-corrected chi connectivity index (χ0v) is 19.2. The topological polar surface area (TPSA) is 120 Å². The molecule has 3 heterocycles. The number of carbonyl (C=O) groups is 2. The number of rotatable bonds is 7. The van der Waals surface area contributed by atoms with Gasteiger partial charge >= 0.3 is 0 Å². The molecule has 33 heavy (non-hydrogen) atoms. The fourth-order valence-electron chi connectivity index (χ4n) is 3.74. The van der Waals surface area contributed by atoms with E-state index in [1.54, 1.807) is 37.9 Å². The van der Waals surface area contributed by atoms with E-state index in [4.69, 9.17) is 15.2 Å². The lowest BCUT2D eigenvalue weighted by molar-refractivity contribution is -0.122. The quantitative estimate of drug-likeness (QED) is 0.548. The summed E-state index contributed by atoms with van der Waals surface area (Å²) < 4.78 is 10.6. The van der Waals surface area contributed by atoms with Gasteiger partial charge in [0.25, 0.3) is 5.91 Å². The first-order valence-corrected chi connectivity index (χ1v) is 11.4. The van der Waals surface area contributed by atoms with Crippen molar-refractivity contribution in [1.29, 1.82) is 0 Å². The summed E-state index contributed by atoms with van der Waals surface area (Å²) in [5.41, 5.74) is 7.17. The average molecular weight is 468 g/mol. The molecule has 3 N–H and O–H groups in total. The molecule has 1 saturated heterocycles. The lowest BCUT2D eigenvalue weighted by atomic mass is 9.97. The lowest BCUT2D eigenvalue weighted by Crippen LogP contribution is -2.41. The summed E-state index contributed by atoms with van der Waals surface area (Å²) in [4.78, 5) is 35.1. The van der Waals surface area contributed by atoms with Gasteiger partial charge in [-0.1, -0.05) is 0 Å². The molecule has 0 saturated carbocycles. The van der Waals surface area contributed by atoms with Crippen molar-refractivity contribution >= 4 is 34.7 Å². The molecule has 1 aliphatic rings. The van der Waals surface area contributed by atoms with Crippen LogP contribution in [0.1, 0.15) is 23.3 Å². The minimum absolute atomic E-state index is 0.163. The summed E-state index contributed by atoms with van der Waals surface area (Å²) >= 11 is 1.37. The maximum absolute atomic E-state index is 12.7. The predicted molar refractivity (Wildman–Crippen MR) is 127 cm³/mol. The van der Waals surface area contributed by atoms with Crippen LogP contribution in [0.4, 0.5) is 11.5 Å². The molecular formula is C23H25N5O4S. The van der Waals surface area contributed by atoms with Gasteiger partial charge in [-0.05, 0) is 43.2 Å². The molecule has 9 nitrogen and oxygen atoms in total. The standard InChI is InChI=1S/C23H25N5O4S/c1-31-18-7-5-14(10-19(18)32-2)23-27-17(13-33-23)22(30)26-16-6-8-20(25-11-16)28-9-3-4-15(12-28)21(24)29/h5-8,10-11,13,15H,3-4,9,12H2,1-2H3,(H2,24,29)(H,26,30)/t15-/m0/s1. The average Bonchev–Trinajstić information content (AvgIpc) is 3.35. The maximum atomic E-state index is 12.7. The number of benzene rings is 1. The minimum Gasteiger partial charge on any atom is -0.493 e.